The maximum absolute atomic E-state index is 5.66. The van der Waals surface area contributed by atoms with Crippen molar-refractivity contribution in [2.24, 2.45) is 0 Å². The Bertz CT molecular complexity index is 177. The highest BCUT2D eigenvalue weighted by Gasteiger charge is 2.16. The fourth-order valence-corrected chi connectivity index (χ4v) is 2.98. The van der Waals surface area contributed by atoms with Crippen LogP contribution in [0.25, 0.3) is 0 Å². The molecule has 16 heavy (non-hydrogen) atoms. The van der Waals surface area contributed by atoms with Crippen molar-refractivity contribution in [1.29, 1.82) is 0 Å². The average Bonchev–Trinajstić information content (AvgIpc) is 2.83. The van der Waals surface area contributed by atoms with E-state index in [1.807, 2.05) is 11.8 Å². The molecular weight excluding hydrogens is 224 g/mol. The van der Waals surface area contributed by atoms with Crippen LogP contribution in [0.2, 0.25) is 0 Å². The van der Waals surface area contributed by atoms with Crippen LogP contribution in [0.15, 0.2) is 0 Å². The van der Waals surface area contributed by atoms with Crippen molar-refractivity contribution < 1.29 is 14.2 Å². The van der Waals surface area contributed by atoms with Crippen molar-refractivity contribution in [3.05, 3.63) is 0 Å². The fraction of sp³-hybridized carbons (Fsp3) is 1.00. The second-order valence-corrected chi connectivity index (χ2v) is 5.53. The molecule has 0 spiro atoms. The monoisotopic (exact) mass is 246 g/mol. The maximum Gasteiger partial charge on any atom is 0.157 e. The van der Waals surface area contributed by atoms with Gasteiger partial charge in [0.1, 0.15) is 0 Å². The molecule has 3 nitrogen and oxygen atoms in total. The lowest BCUT2D eigenvalue weighted by atomic mass is 10.2. The number of hydrogen-bond donors (Lipinski definition) is 0. The summed E-state index contributed by atoms with van der Waals surface area (Å²) in [4.78, 5) is 0. The average molecular weight is 246 g/mol. The highest BCUT2D eigenvalue weighted by Crippen LogP contribution is 2.18. The molecule has 0 bridgehead atoms. The summed E-state index contributed by atoms with van der Waals surface area (Å²) in [5.74, 6) is 2.18. The largest absolute Gasteiger partial charge is 0.377 e. The SMILES string of the molecule is C1CC[C@@H](OCCSC[C@@H]2CCCO2)OC1. The van der Waals surface area contributed by atoms with Crippen LogP contribution in [0.5, 0.6) is 0 Å². The smallest absolute Gasteiger partial charge is 0.157 e. The van der Waals surface area contributed by atoms with Crippen molar-refractivity contribution in [2.75, 3.05) is 31.3 Å². The Morgan fingerprint density at radius 2 is 2.00 bits per heavy atom. The van der Waals surface area contributed by atoms with Gasteiger partial charge in [0.15, 0.2) is 6.29 Å². The van der Waals surface area contributed by atoms with Crippen molar-refractivity contribution in [1.82, 2.24) is 0 Å². The van der Waals surface area contributed by atoms with Gasteiger partial charge in [-0.15, -0.1) is 0 Å². The van der Waals surface area contributed by atoms with Crippen LogP contribution >= 0.6 is 11.8 Å². The summed E-state index contributed by atoms with van der Waals surface area (Å²) >= 11 is 1.93. The van der Waals surface area contributed by atoms with E-state index in [1.165, 1.54) is 25.7 Å². The van der Waals surface area contributed by atoms with E-state index in [-0.39, 0.29) is 6.29 Å². The molecule has 94 valence electrons. The van der Waals surface area contributed by atoms with Gasteiger partial charge in [0.05, 0.1) is 12.7 Å². The third kappa shape index (κ3) is 4.62. The maximum atomic E-state index is 5.66. The van der Waals surface area contributed by atoms with Gasteiger partial charge in [-0.25, -0.2) is 0 Å². The molecule has 2 atom stereocenters. The first-order valence-corrected chi connectivity index (χ1v) is 7.53. The number of ether oxygens (including phenoxy) is 3. The second-order valence-electron chi connectivity index (χ2n) is 4.38. The molecule has 2 heterocycles. The molecule has 2 aliphatic heterocycles. The Kier molecular flexibility index (Phi) is 5.97. The van der Waals surface area contributed by atoms with Crippen LogP contribution < -0.4 is 0 Å². The molecule has 0 aliphatic carbocycles. The Hall–Kier alpha value is 0.230. The Balaban J connectivity index is 1.42. The van der Waals surface area contributed by atoms with Gasteiger partial charge in [-0.3, -0.25) is 0 Å². The first-order valence-electron chi connectivity index (χ1n) is 6.38. The van der Waals surface area contributed by atoms with Gasteiger partial charge < -0.3 is 14.2 Å². The lowest BCUT2D eigenvalue weighted by molar-refractivity contribution is -0.158. The predicted molar refractivity (Wildman–Crippen MR) is 65.8 cm³/mol. The number of hydrogen-bond acceptors (Lipinski definition) is 4. The van der Waals surface area contributed by atoms with Crippen LogP contribution in [0.4, 0.5) is 0 Å². The van der Waals surface area contributed by atoms with Crippen LogP contribution in [0.1, 0.15) is 32.1 Å². The zero-order valence-electron chi connectivity index (χ0n) is 9.86. The minimum atomic E-state index is 0.0667. The van der Waals surface area contributed by atoms with Crippen molar-refractivity contribution in [2.45, 2.75) is 44.5 Å². The van der Waals surface area contributed by atoms with Crippen LogP contribution in [0, 0.1) is 0 Å². The molecule has 0 saturated carbocycles. The summed E-state index contributed by atoms with van der Waals surface area (Å²) in [6.07, 6.45) is 6.53. The first kappa shape index (κ1) is 12.7. The predicted octanol–water partition coefficient (Wildman–Crippen LogP) is 2.44. The molecule has 2 aliphatic rings. The molecule has 0 amide bonds. The molecule has 0 radical (unpaired) electrons. The third-order valence-corrected chi connectivity index (χ3v) is 4.06. The van der Waals surface area contributed by atoms with Crippen molar-refractivity contribution in [3.8, 4) is 0 Å². The highest BCUT2D eigenvalue weighted by atomic mass is 32.2. The number of rotatable bonds is 6. The summed E-state index contributed by atoms with van der Waals surface area (Å²) < 4.78 is 16.7. The molecule has 0 N–H and O–H groups in total. The van der Waals surface area contributed by atoms with E-state index in [4.69, 9.17) is 14.2 Å². The molecule has 0 aromatic rings. The van der Waals surface area contributed by atoms with E-state index >= 15 is 0 Å². The van der Waals surface area contributed by atoms with Gasteiger partial charge >= 0.3 is 0 Å². The van der Waals surface area contributed by atoms with Gasteiger partial charge in [-0.1, -0.05) is 0 Å². The summed E-state index contributed by atoms with van der Waals surface area (Å²) in [5, 5.41) is 0. The molecule has 2 fully saturated rings. The third-order valence-electron chi connectivity index (χ3n) is 3.00. The summed E-state index contributed by atoms with van der Waals surface area (Å²) in [5.41, 5.74) is 0. The Morgan fingerprint density at radius 3 is 2.75 bits per heavy atom. The van der Waals surface area contributed by atoms with Gasteiger partial charge in [0.25, 0.3) is 0 Å². The topological polar surface area (TPSA) is 27.7 Å². The fourth-order valence-electron chi connectivity index (χ4n) is 2.07. The minimum absolute atomic E-state index is 0.0667. The lowest BCUT2D eigenvalue weighted by Crippen LogP contribution is -2.23. The van der Waals surface area contributed by atoms with Gasteiger partial charge in [0.2, 0.25) is 0 Å². The van der Waals surface area contributed by atoms with Gasteiger partial charge in [0, 0.05) is 24.7 Å². The van der Waals surface area contributed by atoms with E-state index in [1.54, 1.807) is 0 Å². The van der Waals surface area contributed by atoms with Gasteiger partial charge in [-0.2, -0.15) is 11.8 Å². The molecule has 4 heteroatoms. The molecule has 0 aromatic heterocycles. The standard InChI is InChI=1S/C12H22O3S/c1-2-6-14-12(5-1)15-8-9-16-10-11-4-3-7-13-11/h11-12H,1-10H2/t11-,12+/m0/s1. The lowest BCUT2D eigenvalue weighted by Gasteiger charge is -2.22. The zero-order valence-corrected chi connectivity index (χ0v) is 10.7. The highest BCUT2D eigenvalue weighted by molar-refractivity contribution is 7.99. The molecule has 0 unspecified atom stereocenters. The first-order chi connectivity index (χ1) is 7.95. The summed E-state index contributed by atoms with van der Waals surface area (Å²) in [7, 11) is 0. The quantitative estimate of drug-likeness (QED) is 0.673. The zero-order chi connectivity index (χ0) is 11.1. The van der Waals surface area contributed by atoms with Crippen LogP contribution in [0.3, 0.4) is 0 Å². The molecular formula is C12H22O3S. The second kappa shape index (κ2) is 7.54. The Morgan fingerprint density at radius 1 is 1.06 bits per heavy atom. The van der Waals surface area contributed by atoms with Crippen molar-refractivity contribution >= 4 is 11.8 Å². The van der Waals surface area contributed by atoms with E-state index in [0.717, 1.165) is 37.7 Å². The minimum Gasteiger partial charge on any atom is -0.377 e. The number of thioether (sulfide) groups is 1. The Labute approximate surface area is 102 Å². The molecule has 0 aromatic carbocycles. The van der Waals surface area contributed by atoms with E-state index < -0.39 is 0 Å². The van der Waals surface area contributed by atoms with E-state index in [0.29, 0.717) is 6.10 Å². The summed E-state index contributed by atoms with van der Waals surface area (Å²) in [6, 6.07) is 0. The molecule has 2 rings (SSSR count). The molecule has 2 saturated heterocycles. The van der Waals surface area contributed by atoms with E-state index in [2.05, 4.69) is 0 Å². The van der Waals surface area contributed by atoms with Crippen LogP contribution in [-0.2, 0) is 14.2 Å². The van der Waals surface area contributed by atoms with Gasteiger partial charge in [-0.05, 0) is 32.1 Å². The summed E-state index contributed by atoms with van der Waals surface area (Å²) in [6.45, 7) is 2.63. The normalized spacial score (nSPS) is 30.8. The van der Waals surface area contributed by atoms with E-state index in [9.17, 15) is 0 Å². The van der Waals surface area contributed by atoms with Crippen molar-refractivity contribution in [3.63, 3.8) is 0 Å². The van der Waals surface area contributed by atoms with Crippen LogP contribution in [-0.4, -0.2) is 43.7 Å².